The quantitative estimate of drug-likeness (QED) is 0.373. The Balaban J connectivity index is 1.09. The maximum Gasteiger partial charge on any atom is 0.409 e. The van der Waals surface area contributed by atoms with E-state index in [2.05, 4.69) is 32.1 Å². The third kappa shape index (κ3) is 5.63. The van der Waals surface area contributed by atoms with E-state index < -0.39 is 30.4 Å². The fraction of sp³-hybridized carbons (Fsp3) is 0.654. The number of carbonyl (C=O) groups excluding carboxylic acids is 2. The van der Waals surface area contributed by atoms with Gasteiger partial charge in [0.2, 0.25) is 5.82 Å². The number of imidazole rings is 1. The zero-order chi connectivity index (χ0) is 27.1. The average Bonchev–Trinajstić information content (AvgIpc) is 3.86. The fourth-order valence-electron chi connectivity index (χ4n) is 4.96. The molecular weight excluding hydrogens is 506 g/mol. The zero-order valence-electron chi connectivity index (χ0n) is 21.5. The Bertz CT molecular complexity index is 1310. The molecule has 0 unspecified atom stereocenters. The number of hydrogen-bond donors (Lipinski definition) is 4. The van der Waals surface area contributed by atoms with Crippen molar-refractivity contribution in [3.63, 3.8) is 0 Å². The second-order valence-corrected chi connectivity index (χ2v) is 10.9. The Morgan fingerprint density at radius 2 is 1.87 bits per heavy atom. The summed E-state index contributed by atoms with van der Waals surface area (Å²) in [5.41, 5.74) is 6.70. The van der Waals surface area contributed by atoms with Crippen molar-refractivity contribution in [3.8, 4) is 11.8 Å². The number of piperidine rings is 1. The molecule has 4 atom stereocenters. The lowest BCUT2D eigenvalue weighted by Gasteiger charge is -2.30. The van der Waals surface area contributed by atoms with Gasteiger partial charge in [-0.05, 0) is 56.3 Å². The van der Waals surface area contributed by atoms with E-state index in [4.69, 9.17) is 15.2 Å². The van der Waals surface area contributed by atoms with Crippen molar-refractivity contribution in [1.82, 2.24) is 29.7 Å². The highest BCUT2D eigenvalue weighted by atomic mass is 16.6. The van der Waals surface area contributed by atoms with Gasteiger partial charge in [-0.25, -0.2) is 19.7 Å². The van der Waals surface area contributed by atoms with E-state index in [1.54, 1.807) is 4.90 Å². The molecule has 13 heteroatoms. The van der Waals surface area contributed by atoms with Gasteiger partial charge in [0.15, 0.2) is 23.8 Å². The second kappa shape index (κ2) is 10.6. The first kappa shape index (κ1) is 25.8. The molecule has 2 aromatic heterocycles. The number of carbonyl (C=O) groups is 2. The first-order valence-electron chi connectivity index (χ1n) is 13.6. The van der Waals surface area contributed by atoms with E-state index in [1.165, 1.54) is 10.9 Å². The average molecular weight is 540 g/mol. The van der Waals surface area contributed by atoms with Crippen molar-refractivity contribution in [2.75, 3.05) is 25.4 Å². The summed E-state index contributed by atoms with van der Waals surface area (Å²) in [4.78, 5) is 39.4. The minimum Gasteiger partial charge on any atom is -0.449 e. The number of anilines is 1. The number of rotatable bonds is 6. The summed E-state index contributed by atoms with van der Waals surface area (Å²) in [6.45, 7) is 1.83. The highest BCUT2D eigenvalue weighted by Gasteiger charge is 2.48. The van der Waals surface area contributed by atoms with E-state index in [9.17, 15) is 19.8 Å². The van der Waals surface area contributed by atoms with E-state index in [1.807, 2.05) is 0 Å². The van der Waals surface area contributed by atoms with Gasteiger partial charge in [-0.1, -0.05) is 5.92 Å². The van der Waals surface area contributed by atoms with E-state index in [0.717, 1.165) is 38.5 Å². The Morgan fingerprint density at radius 3 is 2.59 bits per heavy atom. The molecule has 0 bridgehead atoms. The molecule has 39 heavy (non-hydrogen) atoms. The Labute approximate surface area is 225 Å². The summed E-state index contributed by atoms with van der Waals surface area (Å²) >= 11 is 0. The summed E-state index contributed by atoms with van der Waals surface area (Å²) in [7, 11) is 0. The molecule has 208 valence electrons. The summed E-state index contributed by atoms with van der Waals surface area (Å²) in [6, 6.07) is 0.0910. The van der Waals surface area contributed by atoms with Gasteiger partial charge in [-0.3, -0.25) is 9.36 Å². The van der Waals surface area contributed by atoms with Gasteiger partial charge in [0.05, 0.1) is 12.9 Å². The summed E-state index contributed by atoms with van der Waals surface area (Å²) in [5.74, 6) is 6.85. The van der Waals surface area contributed by atoms with E-state index >= 15 is 0 Å². The molecule has 0 aromatic carbocycles. The summed E-state index contributed by atoms with van der Waals surface area (Å²) in [5, 5.41) is 23.9. The van der Waals surface area contributed by atoms with Gasteiger partial charge in [0.25, 0.3) is 5.91 Å². The number of nitrogen functional groups attached to an aromatic ring is 1. The van der Waals surface area contributed by atoms with Crippen LogP contribution in [0.15, 0.2) is 6.33 Å². The molecule has 13 nitrogen and oxygen atoms in total. The maximum absolute atomic E-state index is 12.5. The van der Waals surface area contributed by atoms with Gasteiger partial charge in [-0.15, -0.1) is 0 Å². The topological polar surface area (TPSA) is 178 Å². The van der Waals surface area contributed by atoms with Gasteiger partial charge >= 0.3 is 6.09 Å². The molecule has 2 aliphatic heterocycles. The number of aromatic nitrogens is 4. The molecule has 5 N–H and O–H groups in total. The van der Waals surface area contributed by atoms with Crippen molar-refractivity contribution < 1.29 is 29.3 Å². The monoisotopic (exact) mass is 539 g/mol. The number of aliphatic hydroxyl groups is 2. The fourth-order valence-corrected chi connectivity index (χ4v) is 4.96. The van der Waals surface area contributed by atoms with Crippen LogP contribution in [0.4, 0.5) is 10.6 Å². The zero-order valence-corrected chi connectivity index (χ0v) is 21.5. The molecule has 2 saturated carbocycles. The Kier molecular flexibility index (Phi) is 7.01. The second-order valence-electron chi connectivity index (χ2n) is 10.9. The molecule has 4 aliphatic rings. The maximum atomic E-state index is 12.5. The Hall–Kier alpha value is -3.47. The van der Waals surface area contributed by atoms with Crippen LogP contribution in [0.5, 0.6) is 0 Å². The van der Waals surface area contributed by atoms with Gasteiger partial charge in [-0.2, -0.15) is 0 Å². The summed E-state index contributed by atoms with van der Waals surface area (Å²) in [6.07, 6.45) is 2.47. The highest BCUT2D eigenvalue weighted by Crippen LogP contribution is 2.33. The van der Waals surface area contributed by atoms with E-state index in [-0.39, 0.29) is 29.4 Å². The predicted molar refractivity (Wildman–Crippen MR) is 137 cm³/mol. The van der Waals surface area contributed by atoms with Crippen LogP contribution in [0, 0.1) is 23.7 Å². The van der Waals surface area contributed by atoms with Crippen molar-refractivity contribution in [2.24, 2.45) is 11.8 Å². The molecule has 2 aliphatic carbocycles. The van der Waals surface area contributed by atoms with Crippen LogP contribution in [0.25, 0.3) is 11.2 Å². The molecule has 0 spiro atoms. The van der Waals surface area contributed by atoms with Crippen LogP contribution < -0.4 is 11.1 Å². The molecule has 2 amide bonds. The molecule has 0 radical (unpaired) electrons. The number of nitrogens with zero attached hydrogens (tertiary/aromatic N) is 5. The lowest BCUT2D eigenvalue weighted by Crippen LogP contribution is -2.43. The first-order chi connectivity index (χ1) is 18.9. The van der Waals surface area contributed by atoms with Crippen molar-refractivity contribution >= 4 is 29.0 Å². The smallest absolute Gasteiger partial charge is 0.409 e. The predicted octanol–water partition coefficient (Wildman–Crippen LogP) is 0.307. The third-order valence-electron chi connectivity index (χ3n) is 7.75. The number of nitrogens with two attached hydrogens (primary N) is 1. The molecular formula is C26H33N7O6. The van der Waals surface area contributed by atoms with Crippen LogP contribution in [0.3, 0.4) is 0 Å². The van der Waals surface area contributed by atoms with Crippen LogP contribution in [0.1, 0.15) is 57.0 Å². The number of fused-ring (bicyclic) bond motifs is 1. The lowest BCUT2D eigenvalue weighted by atomic mass is 9.94. The normalized spacial score (nSPS) is 27.3. The summed E-state index contributed by atoms with van der Waals surface area (Å²) < 4.78 is 12.6. The SMILES string of the molecule is Nc1nc(C#CCC2CCN(C(=O)OCC3CC3)CC2)nc2c1ncn2[C@@H]1O[C@H](C(=O)NC2CC2)[C@@H](O)[C@H]1O. The number of ether oxygens (including phenoxy) is 2. The minimum absolute atomic E-state index is 0.0910. The third-order valence-corrected chi connectivity index (χ3v) is 7.75. The van der Waals surface area contributed by atoms with Gasteiger partial charge in [0.1, 0.15) is 17.7 Å². The standard InChI is InChI=1S/C26H33N7O6/c27-22-18-23(33(13-28-18)25-20(35)19(34)21(39-25)24(36)29-16-6-7-16)31-17(30-22)3-1-2-14-8-10-32(11-9-14)26(37)38-12-15-4-5-15/h13-16,19-21,25,34-35H,2,4-12H2,(H,29,36)(H2,27,30,31)/t19-,20+,21-,25+/m0/s1. The van der Waals surface area contributed by atoms with Crippen molar-refractivity contribution in [3.05, 3.63) is 12.2 Å². The number of likely N-dealkylation sites (tertiary alicyclic amines) is 1. The van der Waals surface area contributed by atoms with Crippen molar-refractivity contribution in [1.29, 1.82) is 0 Å². The van der Waals surface area contributed by atoms with Crippen LogP contribution in [0.2, 0.25) is 0 Å². The number of nitrogens with one attached hydrogen (secondary N) is 1. The van der Waals surface area contributed by atoms with Crippen molar-refractivity contribution in [2.45, 2.75) is 75.5 Å². The molecule has 4 fully saturated rings. The number of hydrogen-bond acceptors (Lipinski definition) is 10. The molecule has 2 aromatic rings. The number of aliphatic hydroxyl groups excluding tert-OH is 2. The molecule has 2 saturated heterocycles. The minimum atomic E-state index is -1.41. The number of amides is 2. The van der Waals surface area contributed by atoms with Crippen LogP contribution >= 0.6 is 0 Å². The molecule has 6 rings (SSSR count). The van der Waals surface area contributed by atoms with Crippen LogP contribution in [-0.4, -0.2) is 90.7 Å². The van der Waals surface area contributed by atoms with Gasteiger partial charge in [0, 0.05) is 25.6 Å². The Morgan fingerprint density at radius 1 is 1.10 bits per heavy atom. The van der Waals surface area contributed by atoms with Gasteiger partial charge < -0.3 is 35.6 Å². The molecule has 4 heterocycles. The lowest BCUT2D eigenvalue weighted by molar-refractivity contribution is -0.137. The highest BCUT2D eigenvalue weighted by molar-refractivity contribution is 5.83. The van der Waals surface area contributed by atoms with E-state index in [0.29, 0.717) is 43.5 Å². The largest absolute Gasteiger partial charge is 0.449 e. The first-order valence-corrected chi connectivity index (χ1v) is 13.6. The van der Waals surface area contributed by atoms with Crippen LogP contribution in [-0.2, 0) is 14.3 Å².